The molecule has 1 fully saturated rings. The molecule has 0 unspecified atom stereocenters. The summed E-state index contributed by atoms with van der Waals surface area (Å²) in [5.74, 6) is -0.962. The molecule has 0 aliphatic carbocycles. The van der Waals surface area contributed by atoms with Crippen molar-refractivity contribution in [3.63, 3.8) is 0 Å². The van der Waals surface area contributed by atoms with Crippen molar-refractivity contribution in [2.24, 2.45) is 0 Å². The Bertz CT molecular complexity index is 938. The largest absolute Gasteiger partial charge is 0.507 e. The van der Waals surface area contributed by atoms with Gasteiger partial charge in [-0.3, -0.25) is 14.6 Å². The number of carbonyl (C=O) groups excluding carboxylic acids is 2. The van der Waals surface area contributed by atoms with Crippen molar-refractivity contribution in [1.29, 1.82) is 0 Å². The van der Waals surface area contributed by atoms with E-state index in [0.717, 1.165) is 0 Å². The molecule has 1 saturated heterocycles. The average molecular weight is 408 g/mol. The molecule has 1 aliphatic rings. The third-order valence-electron chi connectivity index (χ3n) is 4.80. The van der Waals surface area contributed by atoms with Crippen LogP contribution in [0.5, 0.6) is 5.75 Å². The Morgan fingerprint density at radius 2 is 1.90 bits per heavy atom. The van der Waals surface area contributed by atoms with Gasteiger partial charge in [0.15, 0.2) is 0 Å². The Balaban J connectivity index is 2.01. The molecule has 1 aromatic carbocycles. The van der Waals surface area contributed by atoms with Crippen molar-refractivity contribution < 1.29 is 24.2 Å². The fraction of sp³-hybridized carbons (Fsp3) is 0.261. The number of hydrogen-bond acceptors (Lipinski definition) is 6. The summed E-state index contributed by atoms with van der Waals surface area (Å²) in [6, 6.07) is 9.45. The molecular formula is C23H24N2O5. The number of hydrogen-bond donors (Lipinski definition) is 1. The third kappa shape index (κ3) is 4.41. The Hall–Kier alpha value is -3.45. The van der Waals surface area contributed by atoms with E-state index in [-0.39, 0.29) is 11.3 Å². The number of carbonyl (C=O) groups is 2. The van der Waals surface area contributed by atoms with Crippen molar-refractivity contribution in [1.82, 2.24) is 9.88 Å². The van der Waals surface area contributed by atoms with Gasteiger partial charge in [0.1, 0.15) is 18.1 Å². The lowest BCUT2D eigenvalue weighted by atomic mass is 9.96. The predicted octanol–water partition coefficient (Wildman–Crippen LogP) is 3.10. The van der Waals surface area contributed by atoms with Crippen LogP contribution >= 0.6 is 0 Å². The Labute approximate surface area is 175 Å². The van der Waals surface area contributed by atoms with Crippen molar-refractivity contribution in [3.8, 4) is 5.75 Å². The van der Waals surface area contributed by atoms with Gasteiger partial charge in [-0.25, -0.2) is 0 Å². The fourth-order valence-corrected chi connectivity index (χ4v) is 3.40. The topological polar surface area (TPSA) is 89.0 Å². The highest BCUT2D eigenvalue weighted by molar-refractivity contribution is 6.46. The Morgan fingerprint density at radius 1 is 1.20 bits per heavy atom. The van der Waals surface area contributed by atoms with Gasteiger partial charge >= 0.3 is 0 Å². The second kappa shape index (κ2) is 9.84. The van der Waals surface area contributed by atoms with E-state index >= 15 is 0 Å². The van der Waals surface area contributed by atoms with Crippen LogP contribution in [0, 0.1) is 0 Å². The van der Waals surface area contributed by atoms with Crippen LogP contribution < -0.4 is 4.74 Å². The number of likely N-dealkylation sites (tertiary alicyclic amines) is 1. The summed E-state index contributed by atoms with van der Waals surface area (Å²) in [4.78, 5) is 31.1. The molecule has 7 heteroatoms. The van der Waals surface area contributed by atoms with Gasteiger partial charge in [-0.1, -0.05) is 12.7 Å². The SMILES string of the molecule is C=CCOc1ccc(C(O)=C2C(=O)C(=O)N(CCCOC)[C@@H]2c2ccncc2)cc1. The van der Waals surface area contributed by atoms with Gasteiger partial charge in [0, 0.05) is 38.2 Å². The van der Waals surface area contributed by atoms with Gasteiger partial charge in [0.2, 0.25) is 0 Å². The van der Waals surface area contributed by atoms with Crippen LogP contribution in [-0.4, -0.2) is 53.5 Å². The number of amides is 1. The monoisotopic (exact) mass is 408 g/mol. The molecule has 1 amide bonds. The van der Waals surface area contributed by atoms with Crippen molar-refractivity contribution in [2.75, 3.05) is 26.9 Å². The van der Waals surface area contributed by atoms with Gasteiger partial charge in [-0.15, -0.1) is 0 Å². The molecular weight excluding hydrogens is 384 g/mol. The summed E-state index contributed by atoms with van der Waals surface area (Å²) >= 11 is 0. The van der Waals surface area contributed by atoms with E-state index in [4.69, 9.17) is 9.47 Å². The van der Waals surface area contributed by atoms with Gasteiger partial charge in [0.05, 0.1) is 11.6 Å². The Morgan fingerprint density at radius 3 is 2.53 bits per heavy atom. The van der Waals surface area contributed by atoms with Gasteiger partial charge in [0.25, 0.3) is 11.7 Å². The quantitative estimate of drug-likeness (QED) is 0.225. The molecule has 1 N–H and O–H groups in total. The molecule has 1 aliphatic heterocycles. The Kier molecular flexibility index (Phi) is 6.98. The molecule has 7 nitrogen and oxygen atoms in total. The summed E-state index contributed by atoms with van der Waals surface area (Å²) in [6.07, 6.45) is 5.39. The maximum atomic E-state index is 12.9. The first kappa shape index (κ1) is 21.3. The van der Waals surface area contributed by atoms with Crippen LogP contribution in [0.25, 0.3) is 5.76 Å². The lowest BCUT2D eigenvalue weighted by molar-refractivity contribution is -0.140. The molecule has 0 bridgehead atoms. The predicted molar refractivity (Wildman–Crippen MR) is 112 cm³/mol. The number of pyridine rings is 1. The number of methoxy groups -OCH3 is 1. The summed E-state index contributed by atoms with van der Waals surface area (Å²) in [7, 11) is 1.58. The molecule has 1 atom stereocenters. The molecule has 2 aromatic rings. The minimum Gasteiger partial charge on any atom is -0.507 e. The number of ketones is 1. The van der Waals surface area contributed by atoms with Gasteiger partial charge in [-0.2, -0.15) is 0 Å². The van der Waals surface area contributed by atoms with E-state index in [2.05, 4.69) is 11.6 Å². The van der Waals surface area contributed by atoms with Crippen molar-refractivity contribution in [3.05, 3.63) is 78.1 Å². The summed E-state index contributed by atoms with van der Waals surface area (Å²) in [5.41, 5.74) is 1.19. The number of Topliss-reactive ketones (excluding diaryl/α,β-unsaturated/α-hetero) is 1. The van der Waals surface area contributed by atoms with E-state index in [0.29, 0.717) is 43.1 Å². The number of benzene rings is 1. The van der Waals surface area contributed by atoms with Gasteiger partial charge in [-0.05, 0) is 48.4 Å². The number of rotatable bonds is 9. The van der Waals surface area contributed by atoms with Crippen molar-refractivity contribution in [2.45, 2.75) is 12.5 Å². The van der Waals surface area contributed by atoms with Crippen LogP contribution in [0.2, 0.25) is 0 Å². The molecule has 156 valence electrons. The van der Waals surface area contributed by atoms with E-state index in [9.17, 15) is 14.7 Å². The van der Waals surface area contributed by atoms with E-state index in [1.165, 1.54) is 4.90 Å². The zero-order valence-electron chi connectivity index (χ0n) is 16.8. The number of ether oxygens (including phenoxy) is 2. The first-order chi connectivity index (χ1) is 14.6. The van der Waals surface area contributed by atoms with Crippen LogP contribution in [0.3, 0.4) is 0 Å². The number of aromatic nitrogens is 1. The molecule has 0 saturated carbocycles. The zero-order chi connectivity index (χ0) is 21.5. The molecule has 1 aromatic heterocycles. The second-order valence-electron chi connectivity index (χ2n) is 6.74. The van der Waals surface area contributed by atoms with E-state index < -0.39 is 17.7 Å². The van der Waals surface area contributed by atoms with E-state index in [1.54, 1.807) is 62.0 Å². The van der Waals surface area contributed by atoms with Crippen molar-refractivity contribution >= 4 is 17.4 Å². The van der Waals surface area contributed by atoms with Crippen LogP contribution in [0.15, 0.2) is 67.0 Å². The molecule has 0 spiro atoms. The van der Waals surface area contributed by atoms with Crippen LogP contribution in [0.1, 0.15) is 23.6 Å². The lowest BCUT2D eigenvalue weighted by Crippen LogP contribution is -2.31. The number of aliphatic hydroxyl groups is 1. The highest BCUT2D eigenvalue weighted by Crippen LogP contribution is 2.39. The summed E-state index contributed by atoms with van der Waals surface area (Å²) in [5, 5.41) is 11.0. The molecule has 0 radical (unpaired) electrons. The number of nitrogens with zero attached hydrogens (tertiary/aromatic N) is 2. The van der Waals surface area contributed by atoms with Gasteiger partial charge < -0.3 is 19.5 Å². The first-order valence-electron chi connectivity index (χ1n) is 9.60. The number of aliphatic hydroxyl groups excluding tert-OH is 1. The fourth-order valence-electron chi connectivity index (χ4n) is 3.40. The highest BCUT2D eigenvalue weighted by Gasteiger charge is 2.45. The van der Waals surface area contributed by atoms with E-state index in [1.807, 2.05) is 0 Å². The zero-order valence-corrected chi connectivity index (χ0v) is 16.8. The first-order valence-corrected chi connectivity index (χ1v) is 9.60. The smallest absolute Gasteiger partial charge is 0.295 e. The molecule has 2 heterocycles. The standard InChI is InChI=1S/C23H24N2O5/c1-3-14-30-18-7-5-17(6-8-18)21(26)19-20(16-9-11-24-12-10-16)25(13-4-15-29-2)23(28)22(19)27/h3,5-12,20,26H,1,4,13-15H2,2H3/t20-/m1/s1. The maximum Gasteiger partial charge on any atom is 0.295 e. The summed E-state index contributed by atoms with van der Waals surface area (Å²) in [6.45, 7) is 4.75. The molecule has 3 rings (SSSR count). The van der Waals surface area contributed by atoms with Crippen LogP contribution in [0.4, 0.5) is 0 Å². The molecule has 30 heavy (non-hydrogen) atoms. The van der Waals surface area contributed by atoms with Crippen LogP contribution in [-0.2, 0) is 14.3 Å². The lowest BCUT2D eigenvalue weighted by Gasteiger charge is -2.25. The maximum absolute atomic E-state index is 12.9. The second-order valence-corrected chi connectivity index (χ2v) is 6.74. The minimum atomic E-state index is -0.710. The minimum absolute atomic E-state index is 0.0587. The average Bonchev–Trinajstić information content (AvgIpc) is 3.03. The summed E-state index contributed by atoms with van der Waals surface area (Å²) < 4.78 is 10.5. The highest BCUT2D eigenvalue weighted by atomic mass is 16.5. The normalized spacial score (nSPS) is 17.9. The third-order valence-corrected chi connectivity index (χ3v) is 4.80.